The molecule has 0 aliphatic rings. The molecular formula is C7H12O2. The van der Waals surface area contributed by atoms with E-state index in [2.05, 4.69) is 6.58 Å². The van der Waals surface area contributed by atoms with E-state index < -0.39 is 0 Å². The number of rotatable bonds is 2. The van der Waals surface area contributed by atoms with Crippen LogP contribution in [0.2, 0.25) is 0 Å². The van der Waals surface area contributed by atoms with Gasteiger partial charge in [0.25, 0.3) is 0 Å². The molecule has 0 heterocycles. The highest BCUT2D eigenvalue weighted by Crippen LogP contribution is 2.09. The van der Waals surface area contributed by atoms with Crippen LogP contribution in [-0.4, -0.2) is 12.2 Å². The summed E-state index contributed by atoms with van der Waals surface area (Å²) in [4.78, 5) is 0. The number of aliphatic hydroxyl groups excluding tert-OH is 1. The SMILES string of the molecule is C=C(O)C(OC)=C(C)C. The molecule has 0 radical (unpaired) electrons. The van der Waals surface area contributed by atoms with Crippen molar-refractivity contribution in [1.29, 1.82) is 0 Å². The Labute approximate surface area is 55.5 Å². The van der Waals surface area contributed by atoms with E-state index in [1.54, 1.807) is 0 Å². The first-order valence-electron chi connectivity index (χ1n) is 2.69. The normalized spacial score (nSPS) is 8.33. The van der Waals surface area contributed by atoms with Crippen molar-refractivity contribution in [2.45, 2.75) is 13.8 Å². The molecule has 52 valence electrons. The molecule has 0 saturated heterocycles. The molecule has 0 atom stereocenters. The third-order valence-corrected chi connectivity index (χ3v) is 0.920. The fourth-order valence-corrected chi connectivity index (χ4v) is 0.611. The summed E-state index contributed by atoms with van der Waals surface area (Å²) in [6, 6.07) is 0. The molecule has 0 aromatic carbocycles. The highest BCUT2D eigenvalue weighted by Gasteiger charge is 1.99. The lowest BCUT2D eigenvalue weighted by Crippen LogP contribution is -1.91. The van der Waals surface area contributed by atoms with E-state index >= 15 is 0 Å². The van der Waals surface area contributed by atoms with E-state index in [1.807, 2.05) is 13.8 Å². The molecule has 0 aliphatic carbocycles. The zero-order chi connectivity index (χ0) is 7.44. The summed E-state index contributed by atoms with van der Waals surface area (Å²) in [5.74, 6) is 0.451. The first-order chi connectivity index (χ1) is 4.09. The largest absolute Gasteiger partial charge is 0.505 e. The van der Waals surface area contributed by atoms with Gasteiger partial charge in [0.15, 0.2) is 5.76 Å². The molecule has 9 heavy (non-hydrogen) atoms. The topological polar surface area (TPSA) is 29.5 Å². The Balaban J connectivity index is 4.35. The predicted octanol–water partition coefficient (Wildman–Crippen LogP) is 2.00. The van der Waals surface area contributed by atoms with E-state index in [0.29, 0.717) is 5.76 Å². The number of hydrogen-bond donors (Lipinski definition) is 1. The van der Waals surface area contributed by atoms with E-state index in [0.717, 1.165) is 5.57 Å². The highest BCUT2D eigenvalue weighted by atomic mass is 16.5. The summed E-state index contributed by atoms with van der Waals surface area (Å²) in [6.07, 6.45) is 0. The molecule has 0 rings (SSSR count). The van der Waals surface area contributed by atoms with Crippen molar-refractivity contribution >= 4 is 0 Å². The molecule has 0 bridgehead atoms. The average molecular weight is 128 g/mol. The molecule has 2 heteroatoms. The molecule has 0 amide bonds. The number of aliphatic hydroxyl groups is 1. The van der Waals surface area contributed by atoms with Gasteiger partial charge < -0.3 is 9.84 Å². The second-order valence-electron chi connectivity index (χ2n) is 1.98. The first kappa shape index (κ1) is 8.08. The lowest BCUT2D eigenvalue weighted by atomic mass is 10.3. The smallest absolute Gasteiger partial charge is 0.158 e. The Hall–Kier alpha value is -0.920. The molecule has 0 saturated carbocycles. The molecular weight excluding hydrogens is 116 g/mol. The minimum atomic E-state index is -0.0162. The van der Waals surface area contributed by atoms with Crippen molar-refractivity contribution < 1.29 is 9.84 Å². The maximum atomic E-state index is 8.81. The van der Waals surface area contributed by atoms with Gasteiger partial charge in [0.05, 0.1) is 7.11 Å². The molecule has 0 aromatic rings. The summed E-state index contributed by atoms with van der Waals surface area (Å²) < 4.78 is 4.80. The van der Waals surface area contributed by atoms with Crippen LogP contribution in [0.15, 0.2) is 23.7 Å². The van der Waals surface area contributed by atoms with Gasteiger partial charge in [-0.05, 0) is 19.4 Å². The van der Waals surface area contributed by atoms with Gasteiger partial charge in [-0.25, -0.2) is 0 Å². The molecule has 1 N–H and O–H groups in total. The van der Waals surface area contributed by atoms with Crippen molar-refractivity contribution in [3.63, 3.8) is 0 Å². The third kappa shape index (κ3) is 2.22. The zero-order valence-electron chi connectivity index (χ0n) is 6.06. The van der Waals surface area contributed by atoms with Crippen LogP contribution in [0.5, 0.6) is 0 Å². The minimum absolute atomic E-state index is 0.0162. The van der Waals surface area contributed by atoms with E-state index in [9.17, 15) is 0 Å². The van der Waals surface area contributed by atoms with Crippen molar-refractivity contribution in [1.82, 2.24) is 0 Å². The fourth-order valence-electron chi connectivity index (χ4n) is 0.611. The van der Waals surface area contributed by atoms with Crippen LogP contribution in [0.3, 0.4) is 0 Å². The van der Waals surface area contributed by atoms with Gasteiger partial charge >= 0.3 is 0 Å². The monoisotopic (exact) mass is 128 g/mol. The summed E-state index contributed by atoms with van der Waals surface area (Å²) in [7, 11) is 1.50. The van der Waals surface area contributed by atoms with Gasteiger partial charge in [-0.1, -0.05) is 6.58 Å². The second kappa shape index (κ2) is 3.17. The minimum Gasteiger partial charge on any atom is -0.505 e. The van der Waals surface area contributed by atoms with Crippen LogP contribution < -0.4 is 0 Å². The molecule has 0 fully saturated rings. The van der Waals surface area contributed by atoms with Crippen molar-refractivity contribution in [3.8, 4) is 0 Å². The molecule has 0 unspecified atom stereocenters. The number of methoxy groups -OCH3 is 1. The van der Waals surface area contributed by atoms with E-state index in [4.69, 9.17) is 9.84 Å². The number of ether oxygens (including phenoxy) is 1. The molecule has 0 spiro atoms. The van der Waals surface area contributed by atoms with Crippen LogP contribution in [0.25, 0.3) is 0 Å². The Morgan fingerprint density at radius 1 is 1.44 bits per heavy atom. The van der Waals surface area contributed by atoms with Gasteiger partial charge in [0.2, 0.25) is 0 Å². The van der Waals surface area contributed by atoms with Gasteiger partial charge in [-0.3, -0.25) is 0 Å². The number of hydrogen-bond acceptors (Lipinski definition) is 2. The third-order valence-electron chi connectivity index (χ3n) is 0.920. The quantitative estimate of drug-likeness (QED) is 0.455. The van der Waals surface area contributed by atoms with Gasteiger partial charge in [0.1, 0.15) is 5.76 Å². The summed E-state index contributed by atoms with van der Waals surface area (Å²) >= 11 is 0. The van der Waals surface area contributed by atoms with Crippen molar-refractivity contribution in [3.05, 3.63) is 23.7 Å². The predicted molar refractivity (Wildman–Crippen MR) is 37.2 cm³/mol. The Kier molecular flexibility index (Phi) is 2.85. The summed E-state index contributed by atoms with van der Waals surface area (Å²) in [5.41, 5.74) is 0.921. The van der Waals surface area contributed by atoms with E-state index in [-0.39, 0.29) is 5.76 Å². The lowest BCUT2D eigenvalue weighted by Gasteiger charge is -2.04. The fraction of sp³-hybridized carbons (Fsp3) is 0.429. The lowest BCUT2D eigenvalue weighted by molar-refractivity contribution is 0.253. The highest BCUT2D eigenvalue weighted by molar-refractivity contribution is 5.19. The van der Waals surface area contributed by atoms with Crippen molar-refractivity contribution in [2.24, 2.45) is 0 Å². The van der Waals surface area contributed by atoms with Crippen molar-refractivity contribution in [2.75, 3.05) is 7.11 Å². The standard InChI is InChI=1S/C7H12O2/c1-5(2)7(9-4)6(3)8/h8H,3H2,1-2,4H3. The van der Waals surface area contributed by atoms with Crippen LogP contribution >= 0.6 is 0 Å². The molecule has 2 nitrogen and oxygen atoms in total. The van der Waals surface area contributed by atoms with Crippen LogP contribution in [0.1, 0.15) is 13.8 Å². The number of allylic oxidation sites excluding steroid dienone is 1. The molecule has 0 aromatic heterocycles. The maximum absolute atomic E-state index is 8.81. The van der Waals surface area contributed by atoms with Crippen LogP contribution in [-0.2, 0) is 4.74 Å². The maximum Gasteiger partial charge on any atom is 0.158 e. The molecule has 0 aliphatic heterocycles. The second-order valence-corrected chi connectivity index (χ2v) is 1.98. The Bertz CT molecular complexity index is 141. The summed E-state index contributed by atoms with van der Waals surface area (Å²) in [5, 5.41) is 8.81. The zero-order valence-corrected chi connectivity index (χ0v) is 6.06. The van der Waals surface area contributed by atoms with Crippen LogP contribution in [0, 0.1) is 0 Å². The Morgan fingerprint density at radius 3 is 1.89 bits per heavy atom. The first-order valence-corrected chi connectivity index (χ1v) is 2.69. The van der Waals surface area contributed by atoms with Gasteiger partial charge in [0, 0.05) is 0 Å². The van der Waals surface area contributed by atoms with Gasteiger partial charge in [-0.15, -0.1) is 0 Å². The summed E-state index contributed by atoms with van der Waals surface area (Å²) in [6.45, 7) is 7.02. The van der Waals surface area contributed by atoms with E-state index in [1.165, 1.54) is 7.11 Å². The van der Waals surface area contributed by atoms with Crippen LogP contribution in [0.4, 0.5) is 0 Å². The Morgan fingerprint density at radius 2 is 1.89 bits per heavy atom. The average Bonchev–Trinajstić information content (AvgIpc) is 1.64. The van der Waals surface area contributed by atoms with Gasteiger partial charge in [-0.2, -0.15) is 0 Å².